The molecule has 2 heterocycles. The highest BCUT2D eigenvalue weighted by Gasteiger charge is 2.42. The summed E-state index contributed by atoms with van der Waals surface area (Å²) < 4.78 is 6.24. The molecule has 4 nitrogen and oxygen atoms in total. The molecule has 0 radical (unpaired) electrons. The predicted molar refractivity (Wildman–Crippen MR) is 71.5 cm³/mol. The normalized spacial score (nSPS) is 24.5. The van der Waals surface area contributed by atoms with Crippen molar-refractivity contribution in [3.05, 3.63) is 29.8 Å². The number of carboxylic acids is 1. The lowest BCUT2D eigenvalue weighted by atomic mass is 9.76. The van der Waals surface area contributed by atoms with Crippen LogP contribution in [0.3, 0.4) is 0 Å². The zero-order valence-electron chi connectivity index (χ0n) is 10.9. The number of fused-ring (bicyclic) bond motifs is 1. The number of ether oxygens (including phenoxy) is 1. The smallest absolute Gasteiger partial charge is 0.303 e. The second kappa shape index (κ2) is 4.85. The minimum absolute atomic E-state index is 0.0700. The first-order chi connectivity index (χ1) is 9.19. The fraction of sp³-hybridized carbons (Fsp3) is 0.533. The maximum absolute atomic E-state index is 11.1. The third kappa shape index (κ3) is 2.45. The average Bonchev–Trinajstić information content (AvgIpc) is 2.39. The van der Waals surface area contributed by atoms with Gasteiger partial charge in [-0.05, 0) is 44.0 Å². The van der Waals surface area contributed by atoms with Crippen LogP contribution >= 0.6 is 0 Å². The molecule has 4 heteroatoms. The van der Waals surface area contributed by atoms with E-state index >= 15 is 0 Å². The van der Waals surface area contributed by atoms with Gasteiger partial charge in [0.25, 0.3) is 0 Å². The van der Waals surface area contributed by atoms with Gasteiger partial charge in [0.15, 0.2) is 0 Å². The molecule has 0 saturated carbocycles. The van der Waals surface area contributed by atoms with Gasteiger partial charge in [0.1, 0.15) is 11.4 Å². The van der Waals surface area contributed by atoms with Crippen molar-refractivity contribution >= 4 is 5.97 Å². The van der Waals surface area contributed by atoms with Crippen LogP contribution in [0, 0.1) is 0 Å². The Hall–Kier alpha value is -1.55. The number of carbonyl (C=O) groups is 1. The van der Waals surface area contributed by atoms with E-state index in [-0.39, 0.29) is 17.9 Å². The Labute approximate surface area is 112 Å². The van der Waals surface area contributed by atoms with E-state index in [2.05, 4.69) is 5.32 Å². The zero-order chi connectivity index (χ0) is 13.3. The lowest BCUT2D eigenvalue weighted by Gasteiger charge is -2.44. The van der Waals surface area contributed by atoms with Crippen LogP contribution in [0.2, 0.25) is 0 Å². The molecule has 19 heavy (non-hydrogen) atoms. The Morgan fingerprint density at radius 2 is 2.11 bits per heavy atom. The molecule has 1 atom stereocenters. The highest BCUT2D eigenvalue weighted by Crippen LogP contribution is 2.45. The van der Waals surface area contributed by atoms with Crippen molar-refractivity contribution < 1.29 is 14.6 Å². The Morgan fingerprint density at radius 3 is 2.84 bits per heavy atom. The number of piperidine rings is 1. The van der Waals surface area contributed by atoms with Crippen LogP contribution in [0.4, 0.5) is 0 Å². The molecule has 1 saturated heterocycles. The highest BCUT2D eigenvalue weighted by molar-refractivity contribution is 5.68. The summed E-state index contributed by atoms with van der Waals surface area (Å²) in [4.78, 5) is 11.1. The quantitative estimate of drug-likeness (QED) is 0.856. The van der Waals surface area contributed by atoms with Gasteiger partial charge in [-0.15, -0.1) is 0 Å². The molecule has 0 aliphatic carbocycles. The van der Waals surface area contributed by atoms with Crippen LogP contribution in [0.1, 0.15) is 37.2 Å². The van der Waals surface area contributed by atoms with E-state index in [1.807, 2.05) is 24.3 Å². The van der Waals surface area contributed by atoms with Gasteiger partial charge >= 0.3 is 5.97 Å². The zero-order valence-corrected chi connectivity index (χ0v) is 10.9. The first kappa shape index (κ1) is 12.5. The summed E-state index contributed by atoms with van der Waals surface area (Å²) in [6, 6.07) is 7.87. The number of benzene rings is 1. The summed E-state index contributed by atoms with van der Waals surface area (Å²) in [5.74, 6) is 0.216. The lowest BCUT2D eigenvalue weighted by molar-refractivity contribution is -0.138. The van der Waals surface area contributed by atoms with Crippen molar-refractivity contribution in [2.75, 3.05) is 13.1 Å². The van der Waals surface area contributed by atoms with Gasteiger partial charge in [-0.2, -0.15) is 0 Å². The van der Waals surface area contributed by atoms with Gasteiger partial charge in [0, 0.05) is 5.92 Å². The molecule has 0 bridgehead atoms. The second-order valence-electron chi connectivity index (χ2n) is 5.57. The number of nitrogens with one attached hydrogen (secondary N) is 1. The summed E-state index contributed by atoms with van der Waals surface area (Å²) in [5.41, 5.74) is 0.883. The molecule has 1 spiro atoms. The van der Waals surface area contributed by atoms with E-state index < -0.39 is 5.97 Å². The third-order valence-corrected chi connectivity index (χ3v) is 4.24. The number of aliphatic carboxylic acids is 1. The maximum atomic E-state index is 11.1. The Morgan fingerprint density at radius 1 is 1.37 bits per heavy atom. The minimum Gasteiger partial charge on any atom is -0.487 e. The van der Waals surface area contributed by atoms with E-state index in [4.69, 9.17) is 9.84 Å². The van der Waals surface area contributed by atoms with Gasteiger partial charge < -0.3 is 15.2 Å². The van der Waals surface area contributed by atoms with E-state index in [0.717, 1.165) is 43.7 Å². The molecular formula is C15H19NO3. The van der Waals surface area contributed by atoms with Crippen molar-refractivity contribution in [1.29, 1.82) is 0 Å². The summed E-state index contributed by atoms with van der Waals surface area (Å²) in [6.45, 7) is 1.89. The molecule has 0 aromatic heterocycles. The van der Waals surface area contributed by atoms with Crippen LogP contribution in [-0.2, 0) is 4.79 Å². The van der Waals surface area contributed by atoms with Crippen LogP contribution in [0.15, 0.2) is 24.3 Å². The molecule has 1 aromatic carbocycles. The lowest BCUT2D eigenvalue weighted by Crippen LogP contribution is -2.49. The maximum Gasteiger partial charge on any atom is 0.303 e. The number of para-hydroxylation sites is 1. The fourth-order valence-electron chi connectivity index (χ4n) is 3.33. The van der Waals surface area contributed by atoms with E-state index in [1.54, 1.807) is 0 Å². The predicted octanol–water partition coefficient (Wildman–Crippen LogP) is 2.15. The van der Waals surface area contributed by atoms with Crippen molar-refractivity contribution in [3.8, 4) is 5.75 Å². The third-order valence-electron chi connectivity index (χ3n) is 4.24. The molecule has 1 fully saturated rings. The summed E-state index contributed by atoms with van der Waals surface area (Å²) >= 11 is 0. The number of carboxylic acid groups (broad SMARTS) is 1. The molecule has 3 rings (SSSR count). The Balaban J connectivity index is 1.93. The van der Waals surface area contributed by atoms with Gasteiger partial charge in [-0.3, -0.25) is 4.79 Å². The molecule has 1 aromatic rings. The molecular weight excluding hydrogens is 242 g/mol. The van der Waals surface area contributed by atoms with Gasteiger partial charge in [0.05, 0.1) is 6.42 Å². The molecule has 2 aliphatic heterocycles. The van der Waals surface area contributed by atoms with Crippen LogP contribution in [0.5, 0.6) is 5.75 Å². The molecule has 0 amide bonds. The number of hydrogen-bond acceptors (Lipinski definition) is 3. The monoisotopic (exact) mass is 261 g/mol. The van der Waals surface area contributed by atoms with Gasteiger partial charge in [-0.25, -0.2) is 0 Å². The summed E-state index contributed by atoms with van der Waals surface area (Å²) in [5, 5.41) is 12.5. The summed E-state index contributed by atoms with van der Waals surface area (Å²) in [7, 11) is 0. The molecule has 0 unspecified atom stereocenters. The van der Waals surface area contributed by atoms with Crippen molar-refractivity contribution in [3.63, 3.8) is 0 Å². The van der Waals surface area contributed by atoms with E-state index in [9.17, 15) is 4.79 Å². The largest absolute Gasteiger partial charge is 0.487 e. The second-order valence-corrected chi connectivity index (χ2v) is 5.57. The Bertz CT molecular complexity index is 480. The Kier molecular flexibility index (Phi) is 3.19. The van der Waals surface area contributed by atoms with Crippen molar-refractivity contribution in [2.45, 2.75) is 37.2 Å². The number of hydrogen-bond donors (Lipinski definition) is 2. The van der Waals surface area contributed by atoms with Crippen molar-refractivity contribution in [2.24, 2.45) is 0 Å². The highest BCUT2D eigenvalue weighted by atomic mass is 16.5. The fourth-order valence-corrected chi connectivity index (χ4v) is 3.33. The first-order valence-corrected chi connectivity index (χ1v) is 6.89. The molecule has 2 N–H and O–H groups in total. The van der Waals surface area contributed by atoms with Crippen LogP contribution < -0.4 is 10.1 Å². The van der Waals surface area contributed by atoms with Gasteiger partial charge in [-0.1, -0.05) is 18.2 Å². The average molecular weight is 261 g/mol. The topological polar surface area (TPSA) is 58.6 Å². The first-order valence-electron chi connectivity index (χ1n) is 6.89. The van der Waals surface area contributed by atoms with E-state index in [0.29, 0.717) is 0 Å². The van der Waals surface area contributed by atoms with E-state index in [1.165, 1.54) is 0 Å². The molecule has 102 valence electrons. The van der Waals surface area contributed by atoms with Crippen LogP contribution in [-0.4, -0.2) is 29.8 Å². The minimum atomic E-state index is -0.731. The SMILES string of the molecule is O=C(O)C[C@H]1CC2(CCNCC2)Oc2ccccc21. The van der Waals surface area contributed by atoms with Gasteiger partial charge in [0.2, 0.25) is 0 Å². The summed E-state index contributed by atoms with van der Waals surface area (Å²) in [6.07, 6.45) is 2.92. The molecule has 2 aliphatic rings. The van der Waals surface area contributed by atoms with Crippen LogP contribution in [0.25, 0.3) is 0 Å². The number of rotatable bonds is 2. The standard InChI is InChI=1S/C15H19NO3/c17-14(18)9-11-10-15(5-7-16-8-6-15)19-13-4-2-1-3-12(11)13/h1-4,11,16H,5-10H2,(H,17,18)/t11-/m0/s1. The van der Waals surface area contributed by atoms with Crippen molar-refractivity contribution in [1.82, 2.24) is 5.32 Å².